The van der Waals surface area contributed by atoms with E-state index in [1.807, 2.05) is 31.1 Å². The molecule has 7 heteroatoms. The Morgan fingerprint density at radius 2 is 1.92 bits per heavy atom. The molecule has 0 spiro atoms. The number of rotatable bonds is 6. The Morgan fingerprint density at radius 1 is 1.19 bits per heavy atom. The number of anilines is 1. The number of hydrogen-bond donors (Lipinski definition) is 2. The van der Waals surface area contributed by atoms with Gasteiger partial charge in [-0.2, -0.15) is 0 Å². The highest BCUT2D eigenvalue weighted by atomic mass is 16.4. The Kier molecular flexibility index (Phi) is 5.20. The number of carbonyl (C=O) groups is 1. The Morgan fingerprint density at radius 3 is 2.58 bits per heavy atom. The van der Waals surface area contributed by atoms with Crippen molar-refractivity contribution in [2.75, 3.05) is 26.0 Å². The van der Waals surface area contributed by atoms with Crippen LogP contribution >= 0.6 is 0 Å². The van der Waals surface area contributed by atoms with Gasteiger partial charge in [-0.25, -0.2) is 4.79 Å². The molecule has 1 aromatic heterocycles. The second-order valence-corrected chi connectivity index (χ2v) is 6.36. The van der Waals surface area contributed by atoms with Crippen molar-refractivity contribution in [2.45, 2.75) is 13.1 Å². The van der Waals surface area contributed by atoms with Crippen LogP contribution in [-0.2, 0) is 13.1 Å². The van der Waals surface area contributed by atoms with Gasteiger partial charge in [-0.15, -0.1) is 0 Å². The van der Waals surface area contributed by atoms with Crippen molar-refractivity contribution in [2.24, 2.45) is 5.73 Å². The summed E-state index contributed by atoms with van der Waals surface area (Å²) in [5, 5.41) is 2.85. The minimum Gasteiger partial charge on any atom is -0.408 e. The van der Waals surface area contributed by atoms with Crippen molar-refractivity contribution in [1.82, 2.24) is 9.47 Å². The number of likely N-dealkylation sites (N-methyl/N-ethyl adjacent to an activating group) is 1. The molecule has 7 nitrogen and oxygen atoms in total. The molecule has 0 fully saturated rings. The monoisotopic (exact) mass is 354 g/mol. The average molecular weight is 354 g/mol. The maximum Gasteiger partial charge on any atom is 0.419 e. The molecule has 0 atom stereocenters. The molecular formula is C19H22N4O3. The Labute approximate surface area is 151 Å². The molecule has 0 aliphatic rings. The van der Waals surface area contributed by atoms with E-state index < -0.39 is 5.76 Å². The number of oxazole rings is 1. The summed E-state index contributed by atoms with van der Waals surface area (Å²) in [7, 11) is 3.88. The van der Waals surface area contributed by atoms with Crippen molar-refractivity contribution in [3.05, 3.63) is 64.1 Å². The molecule has 26 heavy (non-hydrogen) atoms. The van der Waals surface area contributed by atoms with Gasteiger partial charge in [0.25, 0.3) is 5.91 Å². The predicted molar refractivity (Wildman–Crippen MR) is 101 cm³/mol. The molecule has 1 heterocycles. The molecule has 136 valence electrons. The smallest absolute Gasteiger partial charge is 0.408 e. The first-order valence-electron chi connectivity index (χ1n) is 8.36. The Hall–Kier alpha value is -2.90. The first-order chi connectivity index (χ1) is 12.5. The number of amides is 1. The zero-order chi connectivity index (χ0) is 18.7. The summed E-state index contributed by atoms with van der Waals surface area (Å²) in [4.78, 5) is 26.4. The van der Waals surface area contributed by atoms with Gasteiger partial charge in [0.05, 0.1) is 5.52 Å². The molecule has 0 bridgehead atoms. The van der Waals surface area contributed by atoms with Crippen LogP contribution in [0.5, 0.6) is 0 Å². The molecule has 0 radical (unpaired) electrons. The van der Waals surface area contributed by atoms with Crippen LogP contribution in [0, 0.1) is 0 Å². The van der Waals surface area contributed by atoms with Crippen molar-refractivity contribution in [1.29, 1.82) is 0 Å². The normalized spacial score (nSPS) is 11.2. The zero-order valence-corrected chi connectivity index (χ0v) is 14.9. The number of hydrogen-bond acceptors (Lipinski definition) is 5. The maximum atomic E-state index is 12.4. The largest absolute Gasteiger partial charge is 0.419 e. The SMILES string of the molecule is CN(C)CCn1c(=O)oc2ccc(NC(=O)c3ccc(CN)cc3)cc21. The quantitative estimate of drug-likeness (QED) is 0.705. The lowest BCUT2D eigenvalue weighted by atomic mass is 10.1. The summed E-state index contributed by atoms with van der Waals surface area (Å²) in [5.41, 5.74) is 8.84. The Bertz CT molecular complexity index is 971. The maximum absolute atomic E-state index is 12.4. The van der Waals surface area contributed by atoms with Crippen LogP contribution in [0.4, 0.5) is 5.69 Å². The zero-order valence-electron chi connectivity index (χ0n) is 14.9. The molecule has 2 aromatic carbocycles. The molecule has 0 saturated heterocycles. The number of nitrogens with zero attached hydrogens (tertiary/aromatic N) is 2. The first kappa shape index (κ1) is 17.9. The van der Waals surface area contributed by atoms with Crippen LogP contribution in [0.15, 0.2) is 51.7 Å². The second kappa shape index (κ2) is 7.55. The van der Waals surface area contributed by atoms with Crippen LogP contribution < -0.4 is 16.8 Å². The Balaban J connectivity index is 1.84. The molecule has 0 unspecified atom stereocenters. The van der Waals surface area contributed by atoms with Gasteiger partial charge in [0.2, 0.25) is 0 Å². The highest BCUT2D eigenvalue weighted by molar-refractivity contribution is 6.04. The van der Waals surface area contributed by atoms with Gasteiger partial charge in [-0.3, -0.25) is 9.36 Å². The van der Waals surface area contributed by atoms with E-state index in [4.69, 9.17) is 10.2 Å². The predicted octanol–water partition coefficient (Wildman–Crippen LogP) is 1.87. The number of benzene rings is 2. The molecule has 1 amide bonds. The van der Waals surface area contributed by atoms with E-state index in [1.165, 1.54) is 0 Å². The number of nitrogens with one attached hydrogen (secondary N) is 1. The first-order valence-corrected chi connectivity index (χ1v) is 8.36. The third-order valence-corrected chi connectivity index (χ3v) is 4.15. The molecule has 0 aliphatic carbocycles. The van der Waals surface area contributed by atoms with Gasteiger partial charge in [0, 0.05) is 30.9 Å². The summed E-state index contributed by atoms with van der Waals surface area (Å²) < 4.78 is 6.84. The fourth-order valence-electron chi connectivity index (χ4n) is 2.65. The topological polar surface area (TPSA) is 93.5 Å². The van der Waals surface area contributed by atoms with Gasteiger partial charge in [-0.05, 0) is 50.0 Å². The van der Waals surface area contributed by atoms with Crippen LogP contribution in [0.25, 0.3) is 11.1 Å². The van der Waals surface area contributed by atoms with E-state index in [0.29, 0.717) is 42.0 Å². The molecule has 3 rings (SSSR count). The van der Waals surface area contributed by atoms with E-state index >= 15 is 0 Å². The van der Waals surface area contributed by atoms with Crippen molar-refractivity contribution >= 4 is 22.7 Å². The molecule has 0 saturated carbocycles. The number of nitrogens with two attached hydrogens (primary N) is 1. The van der Waals surface area contributed by atoms with Gasteiger partial charge in [-0.1, -0.05) is 12.1 Å². The minimum atomic E-state index is -0.400. The third-order valence-electron chi connectivity index (χ3n) is 4.15. The molecular weight excluding hydrogens is 332 g/mol. The number of fused-ring (bicyclic) bond motifs is 1. The lowest BCUT2D eigenvalue weighted by Crippen LogP contribution is -2.23. The highest BCUT2D eigenvalue weighted by Crippen LogP contribution is 2.19. The molecule has 3 aromatic rings. The number of carbonyl (C=O) groups excluding carboxylic acids is 1. The third kappa shape index (κ3) is 3.84. The van der Waals surface area contributed by atoms with Gasteiger partial charge in [0.15, 0.2) is 5.58 Å². The van der Waals surface area contributed by atoms with Crippen LogP contribution in [0.3, 0.4) is 0 Å². The van der Waals surface area contributed by atoms with Crippen molar-refractivity contribution in [3.8, 4) is 0 Å². The van der Waals surface area contributed by atoms with Crippen molar-refractivity contribution < 1.29 is 9.21 Å². The van der Waals surface area contributed by atoms with Crippen LogP contribution in [0.2, 0.25) is 0 Å². The van der Waals surface area contributed by atoms with Crippen LogP contribution in [0.1, 0.15) is 15.9 Å². The fraction of sp³-hybridized carbons (Fsp3) is 0.263. The van der Waals surface area contributed by atoms with E-state index in [-0.39, 0.29) is 5.91 Å². The average Bonchev–Trinajstić information content (AvgIpc) is 2.94. The summed E-state index contributed by atoms with van der Waals surface area (Å²) >= 11 is 0. The summed E-state index contributed by atoms with van der Waals surface area (Å²) in [6.07, 6.45) is 0. The summed E-state index contributed by atoms with van der Waals surface area (Å²) in [5.74, 6) is -0.624. The minimum absolute atomic E-state index is 0.224. The lowest BCUT2D eigenvalue weighted by molar-refractivity contribution is 0.102. The van der Waals surface area contributed by atoms with Gasteiger partial charge >= 0.3 is 5.76 Å². The van der Waals surface area contributed by atoms with E-state index in [0.717, 1.165) is 5.56 Å². The fourth-order valence-corrected chi connectivity index (χ4v) is 2.65. The standard InChI is InChI=1S/C19H22N4O3/c1-22(2)9-10-23-16-11-15(7-8-17(16)26-19(23)25)21-18(24)14-5-3-13(12-20)4-6-14/h3-8,11H,9-10,12,20H2,1-2H3,(H,21,24). The molecule has 0 aliphatic heterocycles. The van der Waals surface area contributed by atoms with Gasteiger partial charge < -0.3 is 20.4 Å². The van der Waals surface area contributed by atoms with E-state index in [1.54, 1.807) is 34.9 Å². The van der Waals surface area contributed by atoms with E-state index in [9.17, 15) is 9.59 Å². The highest BCUT2D eigenvalue weighted by Gasteiger charge is 2.12. The lowest BCUT2D eigenvalue weighted by Gasteiger charge is -2.10. The van der Waals surface area contributed by atoms with Crippen molar-refractivity contribution in [3.63, 3.8) is 0 Å². The van der Waals surface area contributed by atoms with Gasteiger partial charge in [0.1, 0.15) is 0 Å². The summed E-state index contributed by atoms with van der Waals surface area (Å²) in [6, 6.07) is 12.3. The van der Waals surface area contributed by atoms with E-state index in [2.05, 4.69) is 5.32 Å². The van der Waals surface area contributed by atoms with Crippen LogP contribution in [-0.4, -0.2) is 36.0 Å². The number of aromatic nitrogens is 1. The molecule has 3 N–H and O–H groups in total. The summed E-state index contributed by atoms with van der Waals surface area (Å²) in [6.45, 7) is 1.65. The second-order valence-electron chi connectivity index (χ2n) is 6.36.